The molecular formula is C9H8BrNO. The normalized spacial score (nSPS) is 19.9. The summed E-state index contributed by atoms with van der Waals surface area (Å²) in [5, 5.41) is 3.18. The van der Waals surface area contributed by atoms with Gasteiger partial charge in [-0.1, -0.05) is 15.9 Å². The van der Waals surface area contributed by atoms with E-state index in [1.807, 2.05) is 18.2 Å². The summed E-state index contributed by atoms with van der Waals surface area (Å²) in [4.78, 5) is 10.6. The molecule has 62 valence electrons. The first kappa shape index (κ1) is 7.80. The molecule has 1 aliphatic heterocycles. The van der Waals surface area contributed by atoms with Crippen molar-refractivity contribution in [3.63, 3.8) is 0 Å². The molecule has 12 heavy (non-hydrogen) atoms. The predicted octanol–water partition coefficient (Wildman–Crippen LogP) is 2.16. The molecular weight excluding hydrogens is 218 g/mol. The van der Waals surface area contributed by atoms with Crippen molar-refractivity contribution in [1.29, 1.82) is 0 Å². The third-order valence-electron chi connectivity index (χ3n) is 2.09. The van der Waals surface area contributed by atoms with E-state index in [1.54, 1.807) is 0 Å². The van der Waals surface area contributed by atoms with Crippen molar-refractivity contribution in [2.45, 2.75) is 5.92 Å². The smallest absolute Gasteiger partial charge is 0.129 e. The molecule has 1 N–H and O–H groups in total. The van der Waals surface area contributed by atoms with E-state index in [9.17, 15) is 4.79 Å². The molecule has 0 saturated heterocycles. The van der Waals surface area contributed by atoms with E-state index in [-0.39, 0.29) is 5.92 Å². The lowest BCUT2D eigenvalue weighted by Gasteiger charge is -2.00. The van der Waals surface area contributed by atoms with Crippen LogP contribution in [-0.4, -0.2) is 12.8 Å². The minimum Gasteiger partial charge on any atom is -0.384 e. The van der Waals surface area contributed by atoms with Crippen LogP contribution in [0.3, 0.4) is 0 Å². The summed E-state index contributed by atoms with van der Waals surface area (Å²) in [5.41, 5.74) is 2.18. The average Bonchev–Trinajstić information content (AvgIpc) is 2.46. The van der Waals surface area contributed by atoms with Crippen LogP contribution < -0.4 is 5.32 Å². The Bertz CT molecular complexity index is 324. The molecule has 0 amide bonds. The number of aldehydes is 1. The third kappa shape index (κ3) is 1.14. The van der Waals surface area contributed by atoms with Gasteiger partial charge >= 0.3 is 0 Å². The van der Waals surface area contributed by atoms with Crippen molar-refractivity contribution in [3.05, 3.63) is 28.2 Å². The number of nitrogens with one attached hydrogen (secondary N) is 1. The van der Waals surface area contributed by atoms with E-state index >= 15 is 0 Å². The first-order chi connectivity index (χ1) is 5.81. The lowest BCUT2D eigenvalue weighted by molar-refractivity contribution is -0.108. The summed E-state index contributed by atoms with van der Waals surface area (Å²) < 4.78 is 1.02. The van der Waals surface area contributed by atoms with Gasteiger partial charge in [0.1, 0.15) is 6.29 Å². The number of carbonyl (C=O) groups is 1. The minimum atomic E-state index is 0.0255. The third-order valence-corrected chi connectivity index (χ3v) is 2.58. The van der Waals surface area contributed by atoms with Crippen LogP contribution >= 0.6 is 15.9 Å². The Labute approximate surface area is 79.1 Å². The summed E-state index contributed by atoms with van der Waals surface area (Å²) in [5.74, 6) is 0.0255. The molecule has 1 aliphatic rings. The monoisotopic (exact) mass is 225 g/mol. The van der Waals surface area contributed by atoms with Gasteiger partial charge in [0.2, 0.25) is 0 Å². The Morgan fingerprint density at radius 3 is 3.17 bits per heavy atom. The molecule has 0 fully saturated rings. The zero-order valence-corrected chi connectivity index (χ0v) is 7.97. The molecule has 0 aromatic heterocycles. The number of hydrogen-bond donors (Lipinski definition) is 1. The van der Waals surface area contributed by atoms with Gasteiger partial charge in [-0.2, -0.15) is 0 Å². The van der Waals surface area contributed by atoms with Crippen LogP contribution in [0.25, 0.3) is 0 Å². The van der Waals surface area contributed by atoms with Gasteiger partial charge in [-0.3, -0.25) is 0 Å². The SMILES string of the molecule is O=CC1CNc2ccc(Br)cc21. The largest absolute Gasteiger partial charge is 0.384 e. The first-order valence-electron chi connectivity index (χ1n) is 3.80. The molecule has 3 heteroatoms. The standard InChI is InChI=1S/C9H8BrNO/c10-7-1-2-9-8(3-7)6(5-12)4-11-9/h1-3,5-6,11H,4H2. The zero-order chi connectivity index (χ0) is 8.55. The van der Waals surface area contributed by atoms with Crippen LogP contribution in [0.15, 0.2) is 22.7 Å². The number of anilines is 1. The van der Waals surface area contributed by atoms with Crippen LogP contribution in [0.5, 0.6) is 0 Å². The number of benzene rings is 1. The molecule has 0 bridgehead atoms. The van der Waals surface area contributed by atoms with E-state index < -0.39 is 0 Å². The van der Waals surface area contributed by atoms with Crippen LogP contribution in [-0.2, 0) is 4.79 Å². The zero-order valence-electron chi connectivity index (χ0n) is 6.38. The van der Waals surface area contributed by atoms with E-state index in [1.165, 1.54) is 0 Å². The number of rotatable bonds is 1. The van der Waals surface area contributed by atoms with E-state index in [2.05, 4.69) is 21.2 Å². The lowest BCUT2D eigenvalue weighted by atomic mass is 10.0. The van der Waals surface area contributed by atoms with Crippen molar-refractivity contribution < 1.29 is 4.79 Å². The maximum Gasteiger partial charge on any atom is 0.129 e. The quantitative estimate of drug-likeness (QED) is 0.743. The molecule has 1 heterocycles. The highest BCUT2D eigenvalue weighted by atomic mass is 79.9. The number of carbonyl (C=O) groups excluding carboxylic acids is 1. The molecule has 0 saturated carbocycles. The molecule has 0 aliphatic carbocycles. The Balaban J connectivity index is 2.49. The predicted molar refractivity (Wildman–Crippen MR) is 51.4 cm³/mol. The van der Waals surface area contributed by atoms with Gasteiger partial charge in [0.25, 0.3) is 0 Å². The molecule has 0 radical (unpaired) electrons. The summed E-state index contributed by atoms with van der Waals surface area (Å²) in [6, 6.07) is 5.95. The van der Waals surface area contributed by atoms with Gasteiger partial charge in [0.05, 0.1) is 5.92 Å². The molecule has 1 aromatic carbocycles. The molecule has 1 unspecified atom stereocenters. The molecule has 1 aromatic rings. The maximum absolute atomic E-state index is 10.6. The van der Waals surface area contributed by atoms with Gasteiger partial charge < -0.3 is 10.1 Å². The molecule has 2 rings (SSSR count). The molecule has 1 atom stereocenters. The topological polar surface area (TPSA) is 29.1 Å². The highest BCUT2D eigenvalue weighted by Gasteiger charge is 2.20. The Morgan fingerprint density at radius 2 is 2.42 bits per heavy atom. The fraction of sp³-hybridized carbons (Fsp3) is 0.222. The lowest BCUT2D eigenvalue weighted by Crippen LogP contribution is -2.02. The van der Waals surface area contributed by atoms with Gasteiger partial charge in [0, 0.05) is 16.7 Å². The summed E-state index contributed by atoms with van der Waals surface area (Å²) in [6.07, 6.45) is 0.991. The van der Waals surface area contributed by atoms with Crippen LogP contribution in [0, 0.1) is 0 Å². The Morgan fingerprint density at radius 1 is 1.58 bits per heavy atom. The second kappa shape index (κ2) is 2.90. The summed E-state index contributed by atoms with van der Waals surface area (Å²) >= 11 is 3.38. The van der Waals surface area contributed by atoms with Crippen molar-refractivity contribution >= 4 is 27.9 Å². The fourth-order valence-corrected chi connectivity index (χ4v) is 1.83. The van der Waals surface area contributed by atoms with E-state index in [4.69, 9.17) is 0 Å². The Kier molecular flexibility index (Phi) is 1.89. The minimum absolute atomic E-state index is 0.0255. The van der Waals surface area contributed by atoms with Crippen molar-refractivity contribution in [3.8, 4) is 0 Å². The first-order valence-corrected chi connectivity index (χ1v) is 4.59. The van der Waals surface area contributed by atoms with E-state index in [0.29, 0.717) is 0 Å². The second-order valence-electron chi connectivity index (χ2n) is 2.86. The van der Waals surface area contributed by atoms with Gasteiger partial charge in [-0.15, -0.1) is 0 Å². The average molecular weight is 226 g/mol. The number of hydrogen-bond acceptors (Lipinski definition) is 2. The van der Waals surface area contributed by atoms with Crippen LogP contribution in [0.1, 0.15) is 11.5 Å². The van der Waals surface area contributed by atoms with Crippen molar-refractivity contribution in [2.24, 2.45) is 0 Å². The summed E-state index contributed by atoms with van der Waals surface area (Å²) in [7, 11) is 0. The second-order valence-corrected chi connectivity index (χ2v) is 3.77. The Hall–Kier alpha value is -0.830. The highest BCUT2D eigenvalue weighted by Crippen LogP contribution is 2.32. The number of halogens is 1. The molecule has 2 nitrogen and oxygen atoms in total. The van der Waals surface area contributed by atoms with Gasteiger partial charge in [-0.25, -0.2) is 0 Å². The summed E-state index contributed by atoms with van der Waals surface area (Å²) in [6.45, 7) is 0.731. The van der Waals surface area contributed by atoms with Crippen molar-refractivity contribution in [1.82, 2.24) is 0 Å². The fourth-order valence-electron chi connectivity index (χ4n) is 1.45. The number of fused-ring (bicyclic) bond motifs is 1. The van der Waals surface area contributed by atoms with Crippen LogP contribution in [0.4, 0.5) is 5.69 Å². The van der Waals surface area contributed by atoms with Gasteiger partial charge in [-0.05, 0) is 23.8 Å². The van der Waals surface area contributed by atoms with E-state index in [0.717, 1.165) is 28.6 Å². The van der Waals surface area contributed by atoms with Crippen molar-refractivity contribution in [2.75, 3.05) is 11.9 Å². The highest BCUT2D eigenvalue weighted by molar-refractivity contribution is 9.10. The molecule has 0 spiro atoms. The maximum atomic E-state index is 10.6. The van der Waals surface area contributed by atoms with Gasteiger partial charge in [0.15, 0.2) is 0 Å². The van der Waals surface area contributed by atoms with Crippen LogP contribution in [0.2, 0.25) is 0 Å².